The maximum atomic E-state index is 3.71. The highest BCUT2D eigenvalue weighted by Gasteiger charge is 2.27. The first-order valence-electron chi connectivity index (χ1n) is 7.83. The van der Waals surface area contributed by atoms with Crippen molar-refractivity contribution in [1.82, 2.24) is 5.32 Å². The van der Waals surface area contributed by atoms with E-state index in [1.165, 1.54) is 44.2 Å². The molecule has 1 unspecified atom stereocenters. The molecule has 0 radical (unpaired) electrons. The Morgan fingerprint density at radius 1 is 1.16 bits per heavy atom. The molecule has 0 aromatic heterocycles. The van der Waals surface area contributed by atoms with Crippen LogP contribution in [0.15, 0.2) is 30.3 Å². The molecule has 2 rings (SSSR count). The van der Waals surface area contributed by atoms with Gasteiger partial charge in [-0.2, -0.15) is 0 Å². The zero-order valence-corrected chi connectivity index (χ0v) is 12.8. The Balaban J connectivity index is 1.75. The molecule has 1 saturated carbocycles. The fraction of sp³-hybridized carbons (Fsp3) is 0.667. The fourth-order valence-electron chi connectivity index (χ4n) is 2.63. The molecule has 19 heavy (non-hydrogen) atoms. The Hall–Kier alpha value is -0.820. The van der Waals surface area contributed by atoms with Crippen LogP contribution in [0.4, 0.5) is 0 Å². The maximum Gasteiger partial charge on any atom is 0.00683 e. The van der Waals surface area contributed by atoms with Crippen LogP contribution in [0.3, 0.4) is 0 Å². The SMILES string of the molecule is CC(C)(C)C(CCCc1ccccc1)CNC1CC1. The van der Waals surface area contributed by atoms with Crippen molar-refractivity contribution in [3.63, 3.8) is 0 Å². The van der Waals surface area contributed by atoms with E-state index in [9.17, 15) is 0 Å². The predicted molar refractivity (Wildman–Crippen MR) is 83.3 cm³/mol. The summed E-state index contributed by atoms with van der Waals surface area (Å²) in [6.07, 6.45) is 6.63. The monoisotopic (exact) mass is 259 g/mol. The average Bonchev–Trinajstić information content (AvgIpc) is 3.17. The van der Waals surface area contributed by atoms with Gasteiger partial charge < -0.3 is 5.32 Å². The van der Waals surface area contributed by atoms with Gasteiger partial charge in [0.05, 0.1) is 0 Å². The van der Waals surface area contributed by atoms with Gasteiger partial charge in [-0.1, -0.05) is 51.1 Å². The Morgan fingerprint density at radius 3 is 2.42 bits per heavy atom. The molecule has 1 nitrogen and oxygen atoms in total. The van der Waals surface area contributed by atoms with Crippen molar-refractivity contribution < 1.29 is 0 Å². The van der Waals surface area contributed by atoms with Gasteiger partial charge in [0.1, 0.15) is 0 Å². The second-order valence-electron chi connectivity index (χ2n) is 7.12. The maximum absolute atomic E-state index is 3.71. The van der Waals surface area contributed by atoms with Crippen molar-refractivity contribution in [3.8, 4) is 0 Å². The molecular weight excluding hydrogens is 230 g/mol. The molecular formula is C18H29N. The summed E-state index contributed by atoms with van der Waals surface area (Å²) in [4.78, 5) is 0. The summed E-state index contributed by atoms with van der Waals surface area (Å²) in [5.74, 6) is 0.789. The van der Waals surface area contributed by atoms with Gasteiger partial charge in [0, 0.05) is 6.04 Å². The summed E-state index contributed by atoms with van der Waals surface area (Å²) < 4.78 is 0. The third-order valence-electron chi connectivity index (χ3n) is 4.32. The highest BCUT2D eigenvalue weighted by Crippen LogP contribution is 2.31. The molecule has 1 heteroatoms. The predicted octanol–water partition coefficient (Wildman–Crippen LogP) is 4.42. The van der Waals surface area contributed by atoms with E-state index >= 15 is 0 Å². The van der Waals surface area contributed by atoms with Crippen molar-refractivity contribution in [3.05, 3.63) is 35.9 Å². The Bertz CT molecular complexity index is 359. The lowest BCUT2D eigenvalue weighted by Crippen LogP contribution is -2.33. The highest BCUT2D eigenvalue weighted by atomic mass is 14.9. The van der Waals surface area contributed by atoms with Crippen molar-refractivity contribution in [2.24, 2.45) is 11.3 Å². The van der Waals surface area contributed by atoms with Crippen LogP contribution in [-0.4, -0.2) is 12.6 Å². The number of aryl methyl sites for hydroxylation is 1. The van der Waals surface area contributed by atoms with Gasteiger partial charge in [-0.15, -0.1) is 0 Å². The zero-order chi connectivity index (χ0) is 13.7. The molecule has 1 aliphatic rings. The van der Waals surface area contributed by atoms with Crippen LogP contribution in [-0.2, 0) is 6.42 Å². The van der Waals surface area contributed by atoms with Gasteiger partial charge in [0.15, 0.2) is 0 Å². The molecule has 0 amide bonds. The number of hydrogen-bond donors (Lipinski definition) is 1. The van der Waals surface area contributed by atoms with Crippen molar-refractivity contribution in [2.45, 2.75) is 58.9 Å². The molecule has 1 aromatic carbocycles. The lowest BCUT2D eigenvalue weighted by Gasteiger charge is -2.31. The normalized spacial score (nSPS) is 17.4. The van der Waals surface area contributed by atoms with E-state index in [0.717, 1.165) is 12.0 Å². The molecule has 0 spiro atoms. The summed E-state index contributed by atoms with van der Waals surface area (Å²) >= 11 is 0. The molecule has 0 saturated heterocycles. The van der Waals surface area contributed by atoms with Crippen molar-refractivity contribution in [2.75, 3.05) is 6.54 Å². The van der Waals surface area contributed by atoms with Crippen LogP contribution < -0.4 is 5.32 Å². The lowest BCUT2D eigenvalue weighted by atomic mass is 9.77. The van der Waals surface area contributed by atoms with Crippen molar-refractivity contribution in [1.29, 1.82) is 0 Å². The first kappa shape index (κ1) is 14.6. The van der Waals surface area contributed by atoms with E-state index in [4.69, 9.17) is 0 Å². The van der Waals surface area contributed by atoms with Gasteiger partial charge in [0.25, 0.3) is 0 Å². The Morgan fingerprint density at radius 2 is 1.84 bits per heavy atom. The Kier molecular flexibility index (Phi) is 5.04. The summed E-state index contributed by atoms with van der Waals surface area (Å²) in [5, 5.41) is 3.71. The average molecular weight is 259 g/mol. The standard InChI is InChI=1S/C18H29N/c1-18(2,3)16(14-19-17-12-13-17)11-7-10-15-8-5-4-6-9-15/h4-6,8-9,16-17,19H,7,10-14H2,1-3H3. The molecule has 0 aliphatic heterocycles. The van der Waals surface area contributed by atoms with Crippen LogP contribution in [0.5, 0.6) is 0 Å². The second-order valence-corrected chi connectivity index (χ2v) is 7.12. The van der Waals surface area contributed by atoms with Crippen LogP contribution in [0, 0.1) is 11.3 Å². The van der Waals surface area contributed by atoms with E-state index in [2.05, 4.69) is 56.4 Å². The number of rotatable bonds is 7. The van der Waals surface area contributed by atoms with E-state index in [1.807, 2.05) is 0 Å². The first-order chi connectivity index (χ1) is 9.05. The number of benzene rings is 1. The number of nitrogens with one attached hydrogen (secondary N) is 1. The number of hydrogen-bond acceptors (Lipinski definition) is 1. The molecule has 1 aliphatic carbocycles. The van der Waals surface area contributed by atoms with Crippen LogP contribution >= 0.6 is 0 Å². The topological polar surface area (TPSA) is 12.0 Å². The summed E-state index contributed by atoms with van der Waals surface area (Å²) in [6, 6.07) is 11.7. The van der Waals surface area contributed by atoms with E-state index in [0.29, 0.717) is 5.41 Å². The quantitative estimate of drug-likeness (QED) is 0.764. The molecule has 1 atom stereocenters. The molecule has 0 heterocycles. The third kappa shape index (κ3) is 5.36. The molecule has 1 N–H and O–H groups in total. The Labute approximate surface area is 118 Å². The molecule has 1 aromatic rings. The van der Waals surface area contributed by atoms with E-state index in [1.54, 1.807) is 0 Å². The van der Waals surface area contributed by atoms with E-state index in [-0.39, 0.29) is 0 Å². The fourth-order valence-corrected chi connectivity index (χ4v) is 2.63. The van der Waals surface area contributed by atoms with Gasteiger partial charge in [0.2, 0.25) is 0 Å². The van der Waals surface area contributed by atoms with Crippen LogP contribution in [0.1, 0.15) is 52.0 Å². The highest BCUT2D eigenvalue weighted by molar-refractivity contribution is 5.14. The smallest absolute Gasteiger partial charge is 0.00683 e. The van der Waals surface area contributed by atoms with Gasteiger partial charge in [-0.05, 0) is 55.5 Å². The van der Waals surface area contributed by atoms with E-state index < -0.39 is 0 Å². The first-order valence-corrected chi connectivity index (χ1v) is 7.83. The third-order valence-corrected chi connectivity index (χ3v) is 4.32. The largest absolute Gasteiger partial charge is 0.314 e. The summed E-state index contributed by atoms with van der Waals surface area (Å²) in [7, 11) is 0. The minimum atomic E-state index is 0.415. The molecule has 106 valence electrons. The summed E-state index contributed by atoms with van der Waals surface area (Å²) in [6.45, 7) is 8.35. The minimum Gasteiger partial charge on any atom is -0.314 e. The van der Waals surface area contributed by atoms with Gasteiger partial charge >= 0.3 is 0 Å². The minimum absolute atomic E-state index is 0.415. The van der Waals surface area contributed by atoms with Gasteiger partial charge in [-0.25, -0.2) is 0 Å². The second kappa shape index (κ2) is 6.56. The lowest BCUT2D eigenvalue weighted by molar-refractivity contribution is 0.214. The van der Waals surface area contributed by atoms with Crippen molar-refractivity contribution >= 4 is 0 Å². The molecule has 0 bridgehead atoms. The molecule has 1 fully saturated rings. The van der Waals surface area contributed by atoms with Crippen LogP contribution in [0.25, 0.3) is 0 Å². The van der Waals surface area contributed by atoms with Crippen LogP contribution in [0.2, 0.25) is 0 Å². The van der Waals surface area contributed by atoms with Gasteiger partial charge in [-0.3, -0.25) is 0 Å². The zero-order valence-electron chi connectivity index (χ0n) is 12.8. The summed E-state index contributed by atoms with van der Waals surface area (Å²) in [5.41, 5.74) is 1.89.